The number of hydrogen-bond acceptors (Lipinski definition) is 2. The van der Waals surface area contributed by atoms with E-state index in [1.807, 2.05) is 13.8 Å². The molecule has 0 saturated heterocycles. The monoisotopic (exact) mass is 269 g/mol. The van der Waals surface area contributed by atoms with E-state index in [9.17, 15) is 13.2 Å². The lowest BCUT2D eigenvalue weighted by Crippen LogP contribution is -2.21. The third-order valence-corrected chi connectivity index (χ3v) is 2.59. The molecule has 0 aliphatic carbocycles. The lowest BCUT2D eigenvalue weighted by Gasteiger charge is -2.11. The summed E-state index contributed by atoms with van der Waals surface area (Å²) in [6.07, 6.45) is -2.98. The van der Waals surface area contributed by atoms with Gasteiger partial charge in [-0.15, -0.1) is 16.7 Å². The number of hydrogen-bond donors (Lipinski definition) is 0. The minimum absolute atomic E-state index is 0.0886. The zero-order valence-electron chi connectivity index (χ0n) is 9.76. The van der Waals surface area contributed by atoms with Crippen molar-refractivity contribution < 1.29 is 13.2 Å². The van der Waals surface area contributed by atoms with Crippen molar-refractivity contribution >= 4 is 11.6 Å². The molecule has 0 N–H and O–H groups in total. The Labute approximate surface area is 103 Å². The van der Waals surface area contributed by atoms with Crippen LogP contribution in [0.2, 0.25) is 0 Å². The van der Waals surface area contributed by atoms with E-state index >= 15 is 0 Å². The van der Waals surface area contributed by atoms with E-state index in [1.54, 1.807) is 0 Å². The first kappa shape index (κ1) is 14.3. The Balaban J connectivity index is 2.85. The molecule has 0 amide bonds. The Hall–Kier alpha value is -0.780. The Kier molecular flexibility index (Phi) is 4.80. The van der Waals surface area contributed by atoms with Crippen molar-refractivity contribution in [3.8, 4) is 0 Å². The summed E-state index contributed by atoms with van der Waals surface area (Å²) in [5, 5.41) is 7.19. The van der Waals surface area contributed by atoms with Gasteiger partial charge in [0, 0.05) is 0 Å². The van der Waals surface area contributed by atoms with Crippen LogP contribution in [0.4, 0.5) is 13.2 Å². The van der Waals surface area contributed by atoms with Gasteiger partial charge in [0.05, 0.1) is 11.6 Å². The minimum Gasteiger partial charge on any atom is -0.240 e. The van der Waals surface area contributed by atoms with E-state index in [2.05, 4.69) is 10.3 Å². The fraction of sp³-hybridized carbons (Fsp3) is 0.800. The van der Waals surface area contributed by atoms with Crippen LogP contribution >= 0.6 is 11.6 Å². The molecule has 1 rings (SSSR count). The summed E-state index contributed by atoms with van der Waals surface area (Å²) in [7, 11) is 0. The van der Waals surface area contributed by atoms with Gasteiger partial charge < -0.3 is 0 Å². The molecule has 0 aliphatic rings. The van der Waals surface area contributed by atoms with Crippen molar-refractivity contribution in [2.45, 2.75) is 45.3 Å². The average molecular weight is 270 g/mol. The zero-order valence-corrected chi connectivity index (χ0v) is 10.5. The van der Waals surface area contributed by atoms with Gasteiger partial charge >= 0.3 is 6.18 Å². The molecule has 98 valence electrons. The second-order valence-electron chi connectivity index (χ2n) is 4.32. The molecule has 1 heterocycles. The highest BCUT2D eigenvalue weighted by molar-refractivity contribution is 6.16. The van der Waals surface area contributed by atoms with Crippen molar-refractivity contribution in [1.82, 2.24) is 15.0 Å². The predicted octanol–water partition coefficient (Wildman–Crippen LogP) is 3.17. The van der Waals surface area contributed by atoms with Crippen LogP contribution in [0, 0.1) is 5.92 Å². The fourth-order valence-electron chi connectivity index (χ4n) is 1.47. The predicted molar refractivity (Wildman–Crippen MR) is 58.8 cm³/mol. The molecule has 0 aliphatic heterocycles. The fourth-order valence-corrected chi connectivity index (χ4v) is 1.68. The standard InChI is InChI=1S/C10H15ClF3N3/c1-7(2)3-4-9-8(5-11)15-16-17(9)6-10(12,13)14/h7H,3-6H2,1-2H3. The van der Waals surface area contributed by atoms with E-state index in [0.717, 1.165) is 11.1 Å². The van der Waals surface area contributed by atoms with Crippen LogP contribution in [0.15, 0.2) is 0 Å². The van der Waals surface area contributed by atoms with Crippen molar-refractivity contribution in [3.05, 3.63) is 11.4 Å². The van der Waals surface area contributed by atoms with E-state index in [-0.39, 0.29) is 5.88 Å². The van der Waals surface area contributed by atoms with Gasteiger partial charge in [-0.2, -0.15) is 13.2 Å². The quantitative estimate of drug-likeness (QED) is 0.769. The first-order chi connectivity index (χ1) is 7.83. The summed E-state index contributed by atoms with van der Waals surface area (Å²) in [5.74, 6) is 0.498. The van der Waals surface area contributed by atoms with E-state index in [1.165, 1.54) is 0 Å². The third-order valence-electron chi connectivity index (χ3n) is 2.33. The molecule has 1 aromatic heterocycles. The molecule has 0 unspecified atom stereocenters. The molecule has 0 spiro atoms. The zero-order chi connectivity index (χ0) is 13.1. The number of aromatic nitrogens is 3. The maximum absolute atomic E-state index is 12.3. The van der Waals surface area contributed by atoms with Gasteiger partial charge in [-0.05, 0) is 18.8 Å². The maximum atomic E-state index is 12.3. The molecule has 1 aromatic rings. The maximum Gasteiger partial charge on any atom is 0.408 e. The normalized spacial score (nSPS) is 12.4. The first-order valence-electron chi connectivity index (χ1n) is 5.37. The van der Waals surface area contributed by atoms with E-state index in [0.29, 0.717) is 23.7 Å². The second-order valence-corrected chi connectivity index (χ2v) is 4.59. The molecule has 17 heavy (non-hydrogen) atoms. The molecule has 3 nitrogen and oxygen atoms in total. The van der Waals surface area contributed by atoms with Gasteiger partial charge in [0.25, 0.3) is 0 Å². The van der Waals surface area contributed by atoms with Crippen LogP contribution in [-0.2, 0) is 18.8 Å². The molecular weight excluding hydrogens is 255 g/mol. The van der Waals surface area contributed by atoms with Crippen molar-refractivity contribution in [1.29, 1.82) is 0 Å². The van der Waals surface area contributed by atoms with Crippen molar-refractivity contribution in [3.63, 3.8) is 0 Å². The molecule has 0 atom stereocenters. The molecule has 0 aromatic carbocycles. The highest BCUT2D eigenvalue weighted by Crippen LogP contribution is 2.21. The largest absolute Gasteiger partial charge is 0.408 e. The lowest BCUT2D eigenvalue weighted by atomic mass is 10.1. The van der Waals surface area contributed by atoms with Crippen LogP contribution in [-0.4, -0.2) is 21.2 Å². The Morgan fingerprint density at radius 2 is 2.00 bits per heavy atom. The Morgan fingerprint density at radius 3 is 2.47 bits per heavy atom. The first-order valence-corrected chi connectivity index (χ1v) is 5.91. The summed E-state index contributed by atoms with van der Waals surface area (Å²) in [4.78, 5) is 0. The van der Waals surface area contributed by atoms with Crippen LogP contribution in [0.3, 0.4) is 0 Å². The lowest BCUT2D eigenvalue weighted by molar-refractivity contribution is -0.143. The van der Waals surface area contributed by atoms with Gasteiger partial charge in [0.2, 0.25) is 0 Å². The van der Waals surface area contributed by atoms with Gasteiger partial charge in [-0.25, -0.2) is 4.68 Å². The Morgan fingerprint density at radius 1 is 1.35 bits per heavy atom. The van der Waals surface area contributed by atoms with Gasteiger partial charge in [-0.1, -0.05) is 19.1 Å². The molecule has 7 heteroatoms. The second kappa shape index (κ2) is 5.71. The molecule has 0 bridgehead atoms. The number of rotatable bonds is 5. The van der Waals surface area contributed by atoms with Crippen LogP contribution in [0.25, 0.3) is 0 Å². The van der Waals surface area contributed by atoms with Crippen LogP contribution in [0.5, 0.6) is 0 Å². The smallest absolute Gasteiger partial charge is 0.240 e. The van der Waals surface area contributed by atoms with E-state index in [4.69, 9.17) is 11.6 Å². The molecule has 0 saturated carbocycles. The van der Waals surface area contributed by atoms with Gasteiger partial charge in [-0.3, -0.25) is 0 Å². The summed E-state index contributed by atoms with van der Waals surface area (Å²) >= 11 is 5.63. The summed E-state index contributed by atoms with van der Waals surface area (Å²) in [6, 6.07) is 0. The van der Waals surface area contributed by atoms with Crippen molar-refractivity contribution in [2.75, 3.05) is 0 Å². The number of halogens is 4. The average Bonchev–Trinajstić information content (AvgIpc) is 2.54. The SMILES string of the molecule is CC(C)CCc1c(CCl)nnn1CC(F)(F)F. The minimum atomic E-state index is -4.29. The summed E-state index contributed by atoms with van der Waals surface area (Å²) in [6.45, 7) is 2.92. The Bertz CT molecular complexity index is 360. The van der Waals surface area contributed by atoms with E-state index < -0.39 is 12.7 Å². The highest BCUT2D eigenvalue weighted by atomic mass is 35.5. The molecule has 0 fully saturated rings. The van der Waals surface area contributed by atoms with Crippen LogP contribution < -0.4 is 0 Å². The van der Waals surface area contributed by atoms with Crippen molar-refractivity contribution in [2.24, 2.45) is 5.92 Å². The summed E-state index contributed by atoms with van der Waals surface area (Å²) < 4.78 is 37.8. The summed E-state index contributed by atoms with van der Waals surface area (Å²) in [5.41, 5.74) is 0.933. The number of nitrogens with zero attached hydrogens (tertiary/aromatic N) is 3. The third kappa shape index (κ3) is 4.53. The highest BCUT2D eigenvalue weighted by Gasteiger charge is 2.30. The topological polar surface area (TPSA) is 30.7 Å². The molecule has 0 radical (unpaired) electrons. The van der Waals surface area contributed by atoms with Crippen LogP contribution in [0.1, 0.15) is 31.7 Å². The number of alkyl halides is 4. The molecular formula is C10H15ClF3N3. The van der Waals surface area contributed by atoms with Gasteiger partial charge in [0.1, 0.15) is 12.2 Å². The van der Waals surface area contributed by atoms with Gasteiger partial charge in [0.15, 0.2) is 0 Å².